The van der Waals surface area contributed by atoms with Crippen molar-refractivity contribution in [2.45, 2.75) is 36.7 Å². The molecule has 9 heteroatoms. The van der Waals surface area contributed by atoms with Crippen LogP contribution in [0.25, 0.3) is 11.3 Å². The highest BCUT2D eigenvalue weighted by molar-refractivity contribution is 7.90. The number of imidazole rings is 1. The van der Waals surface area contributed by atoms with Crippen molar-refractivity contribution in [2.24, 2.45) is 0 Å². The lowest BCUT2D eigenvalue weighted by Crippen LogP contribution is -2.51. The molecule has 2 aromatic rings. The molecule has 8 nitrogen and oxygen atoms in total. The fraction of sp³-hybridized carbons (Fsp3) is 0.524. The van der Waals surface area contributed by atoms with Crippen LogP contribution in [0.15, 0.2) is 35.4 Å². The minimum Gasteiger partial charge on any atom is -0.378 e. The smallest absolute Gasteiger partial charge is 0.219 e. The van der Waals surface area contributed by atoms with Crippen LogP contribution in [-0.2, 0) is 19.4 Å². The first-order valence-corrected chi connectivity index (χ1v) is 12.2. The van der Waals surface area contributed by atoms with Crippen LogP contribution in [0.2, 0.25) is 0 Å². The second-order valence-electron chi connectivity index (χ2n) is 8.04. The molecule has 1 amide bonds. The third kappa shape index (κ3) is 4.43. The number of H-pyrrole nitrogens is 1. The van der Waals surface area contributed by atoms with E-state index in [1.807, 2.05) is 4.90 Å². The second kappa shape index (κ2) is 8.49. The largest absolute Gasteiger partial charge is 0.378 e. The van der Waals surface area contributed by atoms with Gasteiger partial charge in [0, 0.05) is 38.9 Å². The minimum absolute atomic E-state index is 0.0386. The summed E-state index contributed by atoms with van der Waals surface area (Å²) in [6, 6.07) is 7.25. The van der Waals surface area contributed by atoms with E-state index < -0.39 is 9.84 Å². The van der Waals surface area contributed by atoms with Crippen LogP contribution in [0.3, 0.4) is 0 Å². The number of benzene rings is 1. The van der Waals surface area contributed by atoms with Crippen molar-refractivity contribution in [1.29, 1.82) is 0 Å². The summed E-state index contributed by atoms with van der Waals surface area (Å²) in [6.45, 7) is 5.33. The van der Waals surface area contributed by atoms with Crippen molar-refractivity contribution in [3.05, 3.63) is 36.3 Å². The maximum Gasteiger partial charge on any atom is 0.219 e. The van der Waals surface area contributed by atoms with Crippen molar-refractivity contribution in [1.82, 2.24) is 19.8 Å². The fourth-order valence-corrected chi connectivity index (χ4v) is 4.97. The predicted molar refractivity (Wildman–Crippen MR) is 113 cm³/mol. The zero-order valence-electron chi connectivity index (χ0n) is 17.4. The standard InChI is InChI=1S/C21H28N4O4S/c1-15(26)24-9-7-17(8-10-24)25-11-12-29-14-20(25)21-22-13-19(23-21)16-3-5-18(6-4-16)30(2,27)28/h3-6,13,17,20H,7-12,14H2,1-2H3,(H,22,23). The average Bonchev–Trinajstić information content (AvgIpc) is 3.23. The van der Waals surface area contributed by atoms with Gasteiger partial charge in [-0.2, -0.15) is 0 Å². The summed E-state index contributed by atoms with van der Waals surface area (Å²) in [6.07, 6.45) is 4.90. The van der Waals surface area contributed by atoms with Gasteiger partial charge in [-0.3, -0.25) is 9.69 Å². The molecule has 1 N–H and O–H groups in total. The molecule has 0 bridgehead atoms. The molecule has 0 radical (unpaired) electrons. The molecule has 4 rings (SSSR count). The molecule has 1 aromatic heterocycles. The third-order valence-corrected chi connectivity index (χ3v) is 7.18. The molecule has 0 spiro atoms. The first-order chi connectivity index (χ1) is 14.3. The lowest BCUT2D eigenvalue weighted by molar-refractivity contribution is -0.131. The van der Waals surface area contributed by atoms with E-state index in [1.165, 1.54) is 6.26 Å². The number of morpholine rings is 1. The second-order valence-corrected chi connectivity index (χ2v) is 10.1. The zero-order valence-corrected chi connectivity index (χ0v) is 18.2. The van der Waals surface area contributed by atoms with E-state index in [4.69, 9.17) is 4.74 Å². The van der Waals surface area contributed by atoms with Gasteiger partial charge in [-0.15, -0.1) is 0 Å². The molecule has 3 heterocycles. The molecule has 2 aliphatic heterocycles. The summed E-state index contributed by atoms with van der Waals surface area (Å²) in [5.74, 6) is 0.996. The van der Waals surface area contributed by atoms with Crippen LogP contribution >= 0.6 is 0 Å². The van der Waals surface area contributed by atoms with Crippen LogP contribution in [0.4, 0.5) is 0 Å². The van der Waals surface area contributed by atoms with Gasteiger partial charge in [0.25, 0.3) is 0 Å². The Labute approximate surface area is 177 Å². The van der Waals surface area contributed by atoms with Gasteiger partial charge in [-0.05, 0) is 30.5 Å². The van der Waals surface area contributed by atoms with Crippen LogP contribution in [0, 0.1) is 0 Å². The SMILES string of the molecule is CC(=O)N1CCC(N2CCOCC2c2ncc(-c3ccc(S(C)(=O)=O)cc3)[nH]2)CC1. The van der Waals surface area contributed by atoms with Gasteiger partial charge >= 0.3 is 0 Å². The highest BCUT2D eigenvalue weighted by atomic mass is 32.2. The number of aromatic amines is 1. The monoisotopic (exact) mass is 432 g/mol. The van der Waals surface area contributed by atoms with Gasteiger partial charge in [0.15, 0.2) is 9.84 Å². The number of nitrogens with one attached hydrogen (secondary N) is 1. The Balaban J connectivity index is 1.50. The Morgan fingerprint density at radius 2 is 1.87 bits per heavy atom. The number of amides is 1. The highest BCUT2D eigenvalue weighted by Crippen LogP contribution is 2.30. The molecule has 1 atom stereocenters. The Hall–Kier alpha value is -2.23. The van der Waals surface area contributed by atoms with Gasteiger partial charge in [-0.25, -0.2) is 13.4 Å². The number of likely N-dealkylation sites (tertiary alicyclic amines) is 1. The molecule has 0 saturated carbocycles. The number of piperidine rings is 1. The topological polar surface area (TPSA) is 95.6 Å². The number of hydrogen-bond donors (Lipinski definition) is 1. The first-order valence-electron chi connectivity index (χ1n) is 10.3. The minimum atomic E-state index is -3.22. The molecular formula is C21H28N4O4S. The summed E-state index contributed by atoms with van der Waals surface area (Å²) in [7, 11) is -3.22. The van der Waals surface area contributed by atoms with E-state index >= 15 is 0 Å². The van der Waals surface area contributed by atoms with E-state index in [-0.39, 0.29) is 11.9 Å². The van der Waals surface area contributed by atoms with Gasteiger partial charge in [-0.1, -0.05) is 12.1 Å². The summed E-state index contributed by atoms with van der Waals surface area (Å²) in [4.78, 5) is 24.3. The molecule has 30 heavy (non-hydrogen) atoms. The Kier molecular flexibility index (Phi) is 5.95. The summed E-state index contributed by atoms with van der Waals surface area (Å²) >= 11 is 0. The van der Waals surface area contributed by atoms with E-state index in [2.05, 4.69) is 14.9 Å². The van der Waals surface area contributed by atoms with Gasteiger partial charge in [0.1, 0.15) is 5.82 Å². The molecule has 162 valence electrons. The third-order valence-electron chi connectivity index (χ3n) is 6.05. The Morgan fingerprint density at radius 1 is 1.17 bits per heavy atom. The van der Waals surface area contributed by atoms with Gasteiger partial charge in [0.2, 0.25) is 5.91 Å². The summed E-state index contributed by atoms with van der Waals surface area (Å²) in [5, 5.41) is 0. The predicted octanol–water partition coefficient (Wildman–Crippen LogP) is 1.86. The van der Waals surface area contributed by atoms with Crippen molar-refractivity contribution < 1.29 is 17.9 Å². The van der Waals surface area contributed by atoms with Crippen molar-refractivity contribution >= 4 is 15.7 Å². The van der Waals surface area contributed by atoms with Crippen molar-refractivity contribution in [2.75, 3.05) is 39.1 Å². The molecule has 1 unspecified atom stereocenters. The van der Waals surface area contributed by atoms with Crippen molar-refractivity contribution in [3.63, 3.8) is 0 Å². The lowest BCUT2D eigenvalue weighted by atomic mass is 10.00. The van der Waals surface area contributed by atoms with Gasteiger partial charge in [0.05, 0.1) is 36.0 Å². The Morgan fingerprint density at radius 3 is 2.50 bits per heavy atom. The maximum absolute atomic E-state index is 11.7. The van der Waals surface area contributed by atoms with E-state index in [0.29, 0.717) is 24.2 Å². The number of aromatic nitrogens is 2. The quantitative estimate of drug-likeness (QED) is 0.792. The van der Waals surface area contributed by atoms with Crippen LogP contribution in [0.5, 0.6) is 0 Å². The van der Waals surface area contributed by atoms with Crippen LogP contribution in [-0.4, -0.2) is 79.2 Å². The number of ether oxygens (including phenoxy) is 1. The number of rotatable bonds is 4. The number of sulfone groups is 1. The number of hydrogen-bond acceptors (Lipinski definition) is 6. The summed E-state index contributed by atoms with van der Waals surface area (Å²) in [5.41, 5.74) is 1.74. The molecule has 2 fully saturated rings. The van der Waals surface area contributed by atoms with E-state index in [1.54, 1.807) is 37.4 Å². The van der Waals surface area contributed by atoms with E-state index in [0.717, 1.165) is 49.6 Å². The number of nitrogens with zero attached hydrogens (tertiary/aromatic N) is 3. The molecule has 2 saturated heterocycles. The first kappa shape index (κ1) is 21.0. The number of carbonyl (C=O) groups excluding carboxylic acids is 1. The number of carbonyl (C=O) groups is 1. The van der Waals surface area contributed by atoms with Crippen LogP contribution < -0.4 is 0 Å². The fourth-order valence-electron chi connectivity index (χ4n) is 4.34. The molecule has 2 aliphatic rings. The molecular weight excluding hydrogens is 404 g/mol. The zero-order chi connectivity index (χ0) is 21.3. The summed E-state index contributed by atoms with van der Waals surface area (Å²) < 4.78 is 29.1. The van der Waals surface area contributed by atoms with Crippen molar-refractivity contribution in [3.8, 4) is 11.3 Å². The average molecular weight is 433 g/mol. The van der Waals surface area contributed by atoms with Crippen LogP contribution in [0.1, 0.15) is 31.6 Å². The van der Waals surface area contributed by atoms with E-state index in [9.17, 15) is 13.2 Å². The Bertz CT molecular complexity index is 994. The molecule has 0 aliphatic carbocycles. The lowest BCUT2D eigenvalue weighted by Gasteiger charge is -2.43. The highest BCUT2D eigenvalue weighted by Gasteiger charge is 2.34. The normalized spacial score (nSPS) is 21.7. The maximum atomic E-state index is 11.7. The van der Waals surface area contributed by atoms with Gasteiger partial charge < -0.3 is 14.6 Å². The molecule has 1 aromatic carbocycles.